The van der Waals surface area contributed by atoms with Crippen LogP contribution in [0.4, 0.5) is 11.4 Å². The van der Waals surface area contributed by atoms with E-state index in [-0.39, 0.29) is 16.8 Å². The second-order valence-corrected chi connectivity index (χ2v) is 6.14. The predicted molar refractivity (Wildman–Crippen MR) is 109 cm³/mol. The van der Waals surface area contributed by atoms with Crippen molar-refractivity contribution in [2.45, 2.75) is 6.54 Å². The third kappa shape index (κ3) is 5.26. The Labute approximate surface area is 172 Å². The van der Waals surface area contributed by atoms with E-state index >= 15 is 0 Å². The second-order valence-electron chi connectivity index (χ2n) is 6.14. The van der Waals surface area contributed by atoms with Crippen LogP contribution in [-0.2, 0) is 20.8 Å². The molecule has 0 aliphatic carbocycles. The fourth-order valence-corrected chi connectivity index (χ4v) is 2.69. The maximum atomic E-state index is 12.5. The molecular weight excluding hydrogens is 388 g/mol. The lowest BCUT2D eigenvalue weighted by molar-refractivity contribution is -0.119. The number of rotatable bonds is 8. The lowest BCUT2D eigenvalue weighted by Crippen LogP contribution is -2.22. The number of ether oxygens (including phenoxy) is 2. The van der Waals surface area contributed by atoms with Crippen LogP contribution in [0, 0.1) is 0 Å². The van der Waals surface area contributed by atoms with Gasteiger partial charge in [0.05, 0.1) is 36.7 Å². The fraction of sp³-hybridized carbons (Fsp3) is 0.136. The second kappa shape index (κ2) is 9.92. The van der Waals surface area contributed by atoms with Gasteiger partial charge in [-0.05, 0) is 36.4 Å². The first-order valence-corrected chi connectivity index (χ1v) is 9.08. The number of hydrogen-bond donors (Lipinski definition) is 2. The van der Waals surface area contributed by atoms with Crippen molar-refractivity contribution in [3.8, 4) is 0 Å². The molecular formula is C22H20N2O6. The summed E-state index contributed by atoms with van der Waals surface area (Å²) in [4.78, 5) is 36.5. The van der Waals surface area contributed by atoms with Crippen molar-refractivity contribution < 1.29 is 28.3 Å². The third-order valence-electron chi connectivity index (χ3n) is 4.12. The van der Waals surface area contributed by atoms with Crippen LogP contribution in [0.2, 0.25) is 0 Å². The van der Waals surface area contributed by atoms with E-state index in [0.29, 0.717) is 18.0 Å². The van der Waals surface area contributed by atoms with Crippen LogP contribution in [-0.4, -0.2) is 31.6 Å². The molecule has 0 atom stereocenters. The standard InChI is InChI=1S/C22H20N2O6/c1-28-21(26)17-9-3-5-11-19(17)24-20(25)14-30-22(27)16-8-2-4-10-18(16)23-13-15-7-6-12-29-15/h2-12,23H,13-14H2,1H3,(H,24,25). The van der Waals surface area contributed by atoms with Crippen LogP contribution in [0.5, 0.6) is 0 Å². The first-order valence-electron chi connectivity index (χ1n) is 9.08. The lowest BCUT2D eigenvalue weighted by atomic mass is 10.1. The number of para-hydroxylation sites is 2. The summed E-state index contributed by atoms with van der Waals surface area (Å²) < 4.78 is 15.1. The minimum absolute atomic E-state index is 0.201. The topological polar surface area (TPSA) is 107 Å². The van der Waals surface area contributed by atoms with Crippen molar-refractivity contribution in [3.63, 3.8) is 0 Å². The molecule has 1 aromatic heterocycles. The number of carbonyl (C=O) groups excluding carboxylic acids is 3. The molecule has 8 nitrogen and oxygen atoms in total. The van der Waals surface area contributed by atoms with E-state index < -0.39 is 24.5 Å². The van der Waals surface area contributed by atoms with Crippen molar-refractivity contribution in [2.75, 3.05) is 24.4 Å². The number of hydrogen-bond acceptors (Lipinski definition) is 7. The fourth-order valence-electron chi connectivity index (χ4n) is 2.69. The Morgan fingerprint density at radius 2 is 1.53 bits per heavy atom. The minimum atomic E-state index is -0.658. The third-order valence-corrected chi connectivity index (χ3v) is 4.12. The molecule has 0 saturated heterocycles. The summed E-state index contributed by atoms with van der Waals surface area (Å²) in [5, 5.41) is 5.65. The summed E-state index contributed by atoms with van der Waals surface area (Å²) >= 11 is 0. The number of nitrogens with one attached hydrogen (secondary N) is 2. The Morgan fingerprint density at radius 1 is 0.867 bits per heavy atom. The van der Waals surface area contributed by atoms with Gasteiger partial charge in [-0.2, -0.15) is 0 Å². The highest BCUT2D eigenvalue weighted by molar-refractivity contribution is 6.02. The van der Waals surface area contributed by atoms with Gasteiger partial charge in [0.1, 0.15) is 5.76 Å². The van der Waals surface area contributed by atoms with Gasteiger partial charge < -0.3 is 24.5 Å². The molecule has 0 spiro atoms. The van der Waals surface area contributed by atoms with E-state index in [4.69, 9.17) is 9.15 Å². The molecule has 1 heterocycles. The largest absolute Gasteiger partial charge is 0.467 e. The summed E-state index contributed by atoms with van der Waals surface area (Å²) in [5.74, 6) is -1.11. The maximum Gasteiger partial charge on any atom is 0.340 e. The number of esters is 2. The highest BCUT2D eigenvalue weighted by Crippen LogP contribution is 2.18. The molecule has 2 aromatic carbocycles. The van der Waals surface area contributed by atoms with Crippen molar-refractivity contribution in [1.29, 1.82) is 0 Å². The first kappa shape index (κ1) is 20.7. The molecule has 0 aliphatic heterocycles. The average Bonchev–Trinajstić information content (AvgIpc) is 3.30. The highest BCUT2D eigenvalue weighted by Gasteiger charge is 2.17. The highest BCUT2D eigenvalue weighted by atomic mass is 16.5. The van der Waals surface area contributed by atoms with Crippen LogP contribution in [0.15, 0.2) is 71.3 Å². The SMILES string of the molecule is COC(=O)c1ccccc1NC(=O)COC(=O)c1ccccc1NCc1ccco1. The molecule has 3 rings (SSSR count). The molecule has 0 bridgehead atoms. The number of furan rings is 1. The molecule has 154 valence electrons. The van der Waals surface area contributed by atoms with Gasteiger partial charge in [0, 0.05) is 5.69 Å². The van der Waals surface area contributed by atoms with Gasteiger partial charge in [-0.3, -0.25) is 4.79 Å². The van der Waals surface area contributed by atoms with Crippen LogP contribution in [0.3, 0.4) is 0 Å². The van der Waals surface area contributed by atoms with Gasteiger partial charge in [0.25, 0.3) is 5.91 Å². The molecule has 0 saturated carbocycles. The molecule has 0 fully saturated rings. The molecule has 1 amide bonds. The van der Waals surface area contributed by atoms with Gasteiger partial charge in [-0.25, -0.2) is 9.59 Å². The first-order chi connectivity index (χ1) is 14.6. The van der Waals surface area contributed by atoms with Gasteiger partial charge >= 0.3 is 11.9 Å². The molecule has 3 aromatic rings. The maximum absolute atomic E-state index is 12.5. The summed E-state index contributed by atoms with van der Waals surface area (Å²) in [6.07, 6.45) is 1.56. The normalized spacial score (nSPS) is 10.2. The van der Waals surface area contributed by atoms with Crippen LogP contribution >= 0.6 is 0 Å². The van der Waals surface area contributed by atoms with Gasteiger partial charge in [-0.1, -0.05) is 24.3 Å². The van der Waals surface area contributed by atoms with Crippen molar-refractivity contribution in [3.05, 3.63) is 83.8 Å². The van der Waals surface area contributed by atoms with E-state index in [1.165, 1.54) is 13.2 Å². The van der Waals surface area contributed by atoms with E-state index in [0.717, 1.165) is 0 Å². The van der Waals surface area contributed by atoms with E-state index in [9.17, 15) is 14.4 Å². The minimum Gasteiger partial charge on any atom is -0.467 e. The van der Waals surface area contributed by atoms with E-state index in [1.807, 2.05) is 6.07 Å². The molecule has 0 radical (unpaired) electrons. The smallest absolute Gasteiger partial charge is 0.340 e. The zero-order valence-corrected chi connectivity index (χ0v) is 16.2. The molecule has 0 aliphatic rings. The van der Waals surface area contributed by atoms with Crippen molar-refractivity contribution >= 4 is 29.2 Å². The quantitative estimate of drug-likeness (QED) is 0.550. The zero-order chi connectivity index (χ0) is 21.3. The van der Waals surface area contributed by atoms with Gasteiger partial charge in [-0.15, -0.1) is 0 Å². The van der Waals surface area contributed by atoms with Crippen LogP contribution in [0.1, 0.15) is 26.5 Å². The Balaban J connectivity index is 1.60. The Hall–Kier alpha value is -4.07. The van der Waals surface area contributed by atoms with Crippen molar-refractivity contribution in [1.82, 2.24) is 0 Å². The number of anilines is 2. The Bertz CT molecular complexity index is 1030. The number of carbonyl (C=O) groups is 3. The summed E-state index contributed by atoms with van der Waals surface area (Å²) in [7, 11) is 1.25. The summed E-state index contributed by atoms with van der Waals surface area (Å²) in [6, 6.07) is 16.8. The monoisotopic (exact) mass is 408 g/mol. The lowest BCUT2D eigenvalue weighted by Gasteiger charge is -2.12. The van der Waals surface area contributed by atoms with Crippen molar-refractivity contribution in [2.24, 2.45) is 0 Å². The zero-order valence-electron chi connectivity index (χ0n) is 16.2. The average molecular weight is 408 g/mol. The van der Waals surface area contributed by atoms with Crippen LogP contribution < -0.4 is 10.6 Å². The van der Waals surface area contributed by atoms with Crippen LogP contribution in [0.25, 0.3) is 0 Å². The number of benzene rings is 2. The summed E-state index contributed by atoms with van der Waals surface area (Å²) in [5.41, 5.74) is 1.31. The predicted octanol–water partition coefficient (Wildman–Crippen LogP) is 3.47. The van der Waals surface area contributed by atoms with E-state index in [2.05, 4.69) is 15.4 Å². The van der Waals surface area contributed by atoms with Gasteiger partial charge in [0.15, 0.2) is 6.61 Å². The molecule has 8 heteroatoms. The van der Waals surface area contributed by atoms with Gasteiger partial charge in [0.2, 0.25) is 0 Å². The molecule has 30 heavy (non-hydrogen) atoms. The number of methoxy groups -OCH3 is 1. The number of amides is 1. The Morgan fingerprint density at radius 3 is 2.20 bits per heavy atom. The molecule has 2 N–H and O–H groups in total. The Kier molecular flexibility index (Phi) is 6.83. The summed E-state index contributed by atoms with van der Waals surface area (Å²) in [6.45, 7) is -0.122. The van der Waals surface area contributed by atoms with E-state index in [1.54, 1.807) is 54.8 Å². The molecule has 0 unspecified atom stereocenters.